The molecule has 0 atom stereocenters. The van der Waals surface area contributed by atoms with E-state index in [1.54, 1.807) is 7.11 Å². The van der Waals surface area contributed by atoms with Crippen molar-refractivity contribution in [2.75, 3.05) is 20.3 Å². The van der Waals surface area contributed by atoms with Gasteiger partial charge in [-0.2, -0.15) is 5.10 Å². The van der Waals surface area contributed by atoms with Gasteiger partial charge in [-0.1, -0.05) is 35.9 Å². The van der Waals surface area contributed by atoms with Gasteiger partial charge in [-0.3, -0.25) is 9.58 Å². The number of rotatable bonds is 9. The van der Waals surface area contributed by atoms with Crippen LogP contribution in [0.5, 0.6) is 0 Å². The molecule has 124 valence electrons. The SMILES string of the molecule is C=CCn1cc(CN(CCOC)Cc2ccccc2Cl)c(C)n1. The molecule has 1 heterocycles. The predicted molar refractivity (Wildman–Crippen MR) is 94.6 cm³/mol. The smallest absolute Gasteiger partial charge is 0.0638 e. The molecule has 0 unspecified atom stereocenters. The van der Waals surface area contributed by atoms with Gasteiger partial charge in [0.1, 0.15) is 0 Å². The average Bonchev–Trinajstić information content (AvgIpc) is 2.87. The minimum atomic E-state index is 0.685. The minimum Gasteiger partial charge on any atom is -0.383 e. The summed E-state index contributed by atoms with van der Waals surface area (Å²) in [5.41, 5.74) is 3.39. The lowest BCUT2D eigenvalue weighted by atomic mass is 10.2. The average molecular weight is 334 g/mol. The molecule has 0 aliphatic rings. The fourth-order valence-electron chi connectivity index (χ4n) is 2.48. The highest BCUT2D eigenvalue weighted by Gasteiger charge is 2.12. The van der Waals surface area contributed by atoms with E-state index in [0.717, 1.165) is 42.5 Å². The largest absolute Gasteiger partial charge is 0.383 e. The summed E-state index contributed by atoms with van der Waals surface area (Å²) in [7, 11) is 1.72. The van der Waals surface area contributed by atoms with Gasteiger partial charge in [0, 0.05) is 43.5 Å². The van der Waals surface area contributed by atoms with Crippen molar-refractivity contribution in [2.45, 2.75) is 26.6 Å². The van der Waals surface area contributed by atoms with E-state index in [1.807, 2.05) is 35.9 Å². The van der Waals surface area contributed by atoms with E-state index in [4.69, 9.17) is 16.3 Å². The molecule has 5 heteroatoms. The highest BCUT2D eigenvalue weighted by molar-refractivity contribution is 6.31. The van der Waals surface area contributed by atoms with Crippen LogP contribution in [-0.4, -0.2) is 34.9 Å². The van der Waals surface area contributed by atoms with Crippen molar-refractivity contribution in [2.24, 2.45) is 0 Å². The summed E-state index contributed by atoms with van der Waals surface area (Å²) in [5.74, 6) is 0. The fourth-order valence-corrected chi connectivity index (χ4v) is 2.68. The number of hydrogen-bond acceptors (Lipinski definition) is 3. The Hall–Kier alpha value is -1.62. The summed E-state index contributed by atoms with van der Waals surface area (Å²) < 4.78 is 7.16. The Balaban J connectivity index is 2.12. The lowest BCUT2D eigenvalue weighted by molar-refractivity contribution is 0.140. The molecule has 0 fully saturated rings. The Kier molecular flexibility index (Phi) is 6.84. The van der Waals surface area contributed by atoms with Crippen molar-refractivity contribution in [1.82, 2.24) is 14.7 Å². The number of ether oxygens (including phenoxy) is 1. The molecule has 0 radical (unpaired) electrons. The second-order valence-corrected chi connectivity index (χ2v) is 5.95. The maximum absolute atomic E-state index is 6.30. The first-order valence-corrected chi connectivity index (χ1v) is 8.10. The Morgan fingerprint density at radius 1 is 1.30 bits per heavy atom. The van der Waals surface area contributed by atoms with Gasteiger partial charge in [0.25, 0.3) is 0 Å². The van der Waals surface area contributed by atoms with Crippen LogP contribution in [0.15, 0.2) is 43.1 Å². The number of nitrogens with zero attached hydrogens (tertiary/aromatic N) is 3. The Labute approximate surface area is 143 Å². The summed E-state index contributed by atoms with van der Waals surface area (Å²) in [6.45, 7) is 9.66. The van der Waals surface area contributed by atoms with Crippen molar-refractivity contribution in [3.05, 3.63) is 65.0 Å². The van der Waals surface area contributed by atoms with Crippen molar-refractivity contribution in [3.63, 3.8) is 0 Å². The van der Waals surface area contributed by atoms with Crippen molar-refractivity contribution in [3.8, 4) is 0 Å². The third-order valence-corrected chi connectivity index (χ3v) is 4.09. The topological polar surface area (TPSA) is 30.3 Å². The molecular formula is C18H24ClN3O. The molecule has 1 aromatic heterocycles. The Bertz CT molecular complexity index is 639. The molecule has 0 N–H and O–H groups in total. The van der Waals surface area contributed by atoms with Crippen molar-refractivity contribution in [1.29, 1.82) is 0 Å². The van der Waals surface area contributed by atoms with Crippen molar-refractivity contribution >= 4 is 11.6 Å². The zero-order valence-corrected chi connectivity index (χ0v) is 14.6. The van der Waals surface area contributed by atoms with E-state index in [1.165, 1.54) is 5.56 Å². The van der Waals surface area contributed by atoms with E-state index in [9.17, 15) is 0 Å². The van der Waals surface area contributed by atoms with Gasteiger partial charge in [0.05, 0.1) is 18.8 Å². The molecule has 4 nitrogen and oxygen atoms in total. The quantitative estimate of drug-likeness (QED) is 0.656. The van der Waals surface area contributed by atoms with Crippen LogP contribution in [0.1, 0.15) is 16.8 Å². The van der Waals surface area contributed by atoms with E-state index in [-0.39, 0.29) is 0 Å². The molecule has 0 saturated carbocycles. The van der Waals surface area contributed by atoms with Crippen LogP contribution in [0.2, 0.25) is 5.02 Å². The standard InChI is InChI=1S/C18H24ClN3O/c1-4-9-22-14-17(15(2)20-22)13-21(10-11-23-3)12-16-7-5-6-8-18(16)19/h4-8,14H,1,9-13H2,2-3H3. The van der Waals surface area contributed by atoms with E-state index in [0.29, 0.717) is 6.61 Å². The molecule has 0 aliphatic heterocycles. The molecule has 1 aromatic carbocycles. The summed E-state index contributed by atoms with van der Waals surface area (Å²) in [6, 6.07) is 7.97. The number of halogens is 1. The molecule has 0 aliphatic carbocycles. The Morgan fingerprint density at radius 3 is 2.74 bits per heavy atom. The maximum Gasteiger partial charge on any atom is 0.0638 e. The normalized spacial score (nSPS) is 11.1. The zero-order valence-electron chi connectivity index (χ0n) is 13.8. The van der Waals surface area contributed by atoms with Gasteiger partial charge < -0.3 is 4.74 Å². The van der Waals surface area contributed by atoms with Crippen LogP contribution in [0, 0.1) is 6.92 Å². The monoisotopic (exact) mass is 333 g/mol. The highest BCUT2D eigenvalue weighted by Crippen LogP contribution is 2.19. The first kappa shape index (κ1) is 17.7. The van der Waals surface area contributed by atoms with Crippen LogP contribution < -0.4 is 0 Å². The van der Waals surface area contributed by atoms with Crippen LogP contribution >= 0.6 is 11.6 Å². The first-order chi connectivity index (χ1) is 11.1. The number of hydrogen-bond donors (Lipinski definition) is 0. The van der Waals surface area contributed by atoms with Gasteiger partial charge in [0.2, 0.25) is 0 Å². The van der Waals surface area contributed by atoms with Gasteiger partial charge in [-0.25, -0.2) is 0 Å². The van der Waals surface area contributed by atoms with Gasteiger partial charge >= 0.3 is 0 Å². The molecule has 2 aromatic rings. The second kappa shape index (κ2) is 8.87. The summed E-state index contributed by atoms with van der Waals surface area (Å²) in [5, 5.41) is 5.32. The molecule has 23 heavy (non-hydrogen) atoms. The molecule has 0 saturated heterocycles. The molecule has 0 bridgehead atoms. The van der Waals surface area contributed by atoms with Gasteiger partial charge in [-0.15, -0.1) is 6.58 Å². The van der Waals surface area contributed by atoms with Crippen LogP contribution in [0.25, 0.3) is 0 Å². The first-order valence-electron chi connectivity index (χ1n) is 7.72. The highest BCUT2D eigenvalue weighted by atomic mass is 35.5. The number of methoxy groups -OCH3 is 1. The number of allylic oxidation sites excluding steroid dienone is 1. The molecule has 2 rings (SSSR count). The van der Waals surface area contributed by atoms with Gasteiger partial charge in [0.15, 0.2) is 0 Å². The fraction of sp³-hybridized carbons (Fsp3) is 0.389. The van der Waals surface area contributed by atoms with E-state index in [2.05, 4.69) is 28.8 Å². The van der Waals surface area contributed by atoms with Crippen LogP contribution in [-0.2, 0) is 24.4 Å². The Morgan fingerprint density at radius 2 is 2.04 bits per heavy atom. The van der Waals surface area contributed by atoms with Gasteiger partial charge in [-0.05, 0) is 18.6 Å². The second-order valence-electron chi connectivity index (χ2n) is 5.55. The minimum absolute atomic E-state index is 0.685. The predicted octanol–water partition coefficient (Wildman–Crippen LogP) is 3.68. The molecule has 0 spiro atoms. The van der Waals surface area contributed by atoms with Crippen LogP contribution in [0.4, 0.5) is 0 Å². The van der Waals surface area contributed by atoms with Crippen molar-refractivity contribution < 1.29 is 4.74 Å². The number of aromatic nitrogens is 2. The lowest BCUT2D eigenvalue weighted by Crippen LogP contribution is -2.27. The van der Waals surface area contributed by atoms with E-state index < -0.39 is 0 Å². The molecule has 0 amide bonds. The maximum atomic E-state index is 6.30. The summed E-state index contributed by atoms with van der Waals surface area (Å²) in [6.07, 6.45) is 3.94. The number of benzene rings is 1. The third kappa shape index (κ3) is 5.20. The van der Waals surface area contributed by atoms with E-state index >= 15 is 0 Å². The lowest BCUT2D eigenvalue weighted by Gasteiger charge is -2.22. The van der Waals surface area contributed by atoms with Crippen LogP contribution in [0.3, 0.4) is 0 Å². The third-order valence-electron chi connectivity index (χ3n) is 3.72. The zero-order chi connectivity index (χ0) is 16.7. The summed E-state index contributed by atoms with van der Waals surface area (Å²) >= 11 is 6.30. The number of aryl methyl sites for hydroxylation is 1. The molecular weight excluding hydrogens is 310 g/mol. The summed E-state index contributed by atoms with van der Waals surface area (Å²) in [4.78, 5) is 2.33.